The lowest BCUT2D eigenvalue weighted by molar-refractivity contribution is -0.129. The number of nitrogens with zero attached hydrogens (tertiary/aromatic N) is 2. The third-order valence-corrected chi connectivity index (χ3v) is 3.66. The lowest BCUT2D eigenvalue weighted by Gasteiger charge is -2.18. The molecular weight excluding hydrogens is 252 g/mol. The molecule has 2 N–H and O–H groups in total. The second kappa shape index (κ2) is 8.82. The van der Waals surface area contributed by atoms with Crippen molar-refractivity contribution in [3.05, 3.63) is 0 Å². The number of carbonyl (C=O) groups is 1. The Morgan fingerprint density at radius 3 is 2.80 bits per heavy atom. The molecule has 1 fully saturated rings. The Morgan fingerprint density at radius 2 is 2.20 bits per heavy atom. The molecule has 5 heteroatoms. The van der Waals surface area contributed by atoms with Crippen LogP contribution < -0.4 is 10.6 Å². The molecule has 20 heavy (non-hydrogen) atoms. The summed E-state index contributed by atoms with van der Waals surface area (Å²) in [6.07, 6.45) is 3.98. The zero-order valence-corrected chi connectivity index (χ0v) is 13.4. The fourth-order valence-corrected chi connectivity index (χ4v) is 2.43. The lowest BCUT2D eigenvalue weighted by Crippen LogP contribution is -2.45. The van der Waals surface area contributed by atoms with Crippen molar-refractivity contribution in [3.63, 3.8) is 0 Å². The molecule has 1 aliphatic heterocycles. The van der Waals surface area contributed by atoms with Crippen LogP contribution >= 0.6 is 0 Å². The smallest absolute Gasteiger partial charge is 0.222 e. The number of hydrogen-bond acceptors (Lipinski definition) is 2. The van der Waals surface area contributed by atoms with Crippen molar-refractivity contribution >= 4 is 11.9 Å². The quantitative estimate of drug-likeness (QED) is 0.442. The first-order chi connectivity index (χ1) is 9.56. The monoisotopic (exact) mass is 282 g/mol. The van der Waals surface area contributed by atoms with Gasteiger partial charge in [0.1, 0.15) is 0 Å². The zero-order valence-electron chi connectivity index (χ0n) is 13.4. The molecule has 1 rings (SSSR count). The van der Waals surface area contributed by atoms with Gasteiger partial charge in [-0.1, -0.05) is 20.8 Å². The summed E-state index contributed by atoms with van der Waals surface area (Å²) in [6.45, 7) is 8.99. The van der Waals surface area contributed by atoms with Crippen LogP contribution in [0.4, 0.5) is 0 Å². The normalized spacial score (nSPS) is 19.6. The van der Waals surface area contributed by atoms with E-state index in [1.807, 2.05) is 11.8 Å². The Morgan fingerprint density at radius 1 is 1.45 bits per heavy atom. The van der Waals surface area contributed by atoms with E-state index in [9.17, 15) is 4.79 Å². The highest BCUT2D eigenvalue weighted by atomic mass is 16.2. The lowest BCUT2D eigenvalue weighted by atomic mass is 10.1. The van der Waals surface area contributed by atoms with E-state index in [2.05, 4.69) is 29.5 Å². The van der Waals surface area contributed by atoms with Crippen LogP contribution in [0, 0.1) is 5.92 Å². The first kappa shape index (κ1) is 16.8. The highest BCUT2D eigenvalue weighted by Gasteiger charge is 2.25. The van der Waals surface area contributed by atoms with Gasteiger partial charge >= 0.3 is 0 Å². The van der Waals surface area contributed by atoms with E-state index in [-0.39, 0.29) is 5.91 Å². The second-order valence-electron chi connectivity index (χ2n) is 5.86. The molecule has 0 radical (unpaired) electrons. The summed E-state index contributed by atoms with van der Waals surface area (Å²) in [5.74, 6) is 1.84. The summed E-state index contributed by atoms with van der Waals surface area (Å²) in [6, 6.07) is 0.321. The van der Waals surface area contributed by atoms with Gasteiger partial charge in [0.15, 0.2) is 5.96 Å². The summed E-state index contributed by atoms with van der Waals surface area (Å²) >= 11 is 0. The van der Waals surface area contributed by atoms with Gasteiger partial charge in [0, 0.05) is 39.1 Å². The molecule has 0 spiro atoms. The van der Waals surface area contributed by atoms with Crippen molar-refractivity contribution in [2.24, 2.45) is 10.9 Å². The second-order valence-corrected chi connectivity index (χ2v) is 5.86. The van der Waals surface area contributed by atoms with Gasteiger partial charge in [-0.25, -0.2) is 0 Å². The Kier molecular flexibility index (Phi) is 7.41. The first-order valence-corrected chi connectivity index (χ1v) is 7.81. The molecule has 116 valence electrons. The van der Waals surface area contributed by atoms with Crippen molar-refractivity contribution in [1.82, 2.24) is 15.5 Å². The third kappa shape index (κ3) is 5.80. The van der Waals surface area contributed by atoms with Gasteiger partial charge < -0.3 is 15.5 Å². The molecule has 1 atom stereocenters. The number of amides is 1. The van der Waals surface area contributed by atoms with Gasteiger partial charge in [-0.2, -0.15) is 0 Å². The number of hydrogen-bond donors (Lipinski definition) is 2. The number of guanidine groups is 1. The number of carbonyl (C=O) groups excluding carboxylic acids is 1. The van der Waals surface area contributed by atoms with E-state index < -0.39 is 0 Å². The van der Waals surface area contributed by atoms with Crippen molar-refractivity contribution < 1.29 is 4.79 Å². The van der Waals surface area contributed by atoms with E-state index >= 15 is 0 Å². The third-order valence-electron chi connectivity index (χ3n) is 3.66. The molecule has 1 unspecified atom stereocenters. The Labute approximate surface area is 123 Å². The maximum atomic E-state index is 11.6. The van der Waals surface area contributed by atoms with Crippen LogP contribution in [0.3, 0.4) is 0 Å². The van der Waals surface area contributed by atoms with E-state index in [4.69, 9.17) is 0 Å². The predicted octanol–water partition coefficient (Wildman–Crippen LogP) is 1.60. The molecule has 0 saturated carbocycles. The highest BCUT2D eigenvalue weighted by Crippen LogP contribution is 2.10. The minimum atomic E-state index is 0.245. The summed E-state index contributed by atoms with van der Waals surface area (Å²) in [5, 5.41) is 6.75. The molecule has 1 saturated heterocycles. The topological polar surface area (TPSA) is 56.7 Å². The fourth-order valence-electron chi connectivity index (χ4n) is 2.43. The standard InChI is InChI=1S/C15H30N4O/c1-5-14(20)19-10-8-13(11-19)18-15(16-4)17-9-6-7-12(2)3/h12-13H,5-11H2,1-4H3,(H2,16,17,18). The summed E-state index contributed by atoms with van der Waals surface area (Å²) in [4.78, 5) is 17.8. The maximum Gasteiger partial charge on any atom is 0.222 e. The van der Waals surface area contributed by atoms with Crippen LogP contribution in [-0.4, -0.2) is 49.5 Å². The zero-order chi connectivity index (χ0) is 15.0. The van der Waals surface area contributed by atoms with Crippen LogP contribution in [0.25, 0.3) is 0 Å². The van der Waals surface area contributed by atoms with Gasteiger partial charge in [0.05, 0.1) is 0 Å². The van der Waals surface area contributed by atoms with Crippen LogP contribution in [0.15, 0.2) is 4.99 Å². The van der Waals surface area contributed by atoms with Crippen LogP contribution in [0.1, 0.15) is 46.5 Å². The molecule has 0 aromatic heterocycles. The number of rotatable bonds is 6. The Balaban J connectivity index is 2.26. The average molecular weight is 282 g/mol. The molecule has 5 nitrogen and oxygen atoms in total. The summed E-state index contributed by atoms with van der Waals surface area (Å²) in [5.41, 5.74) is 0. The van der Waals surface area contributed by atoms with Crippen molar-refractivity contribution in [3.8, 4) is 0 Å². The minimum Gasteiger partial charge on any atom is -0.356 e. The maximum absolute atomic E-state index is 11.6. The summed E-state index contributed by atoms with van der Waals surface area (Å²) in [7, 11) is 1.79. The minimum absolute atomic E-state index is 0.245. The molecule has 0 aliphatic carbocycles. The molecule has 0 aromatic carbocycles. The molecular formula is C15H30N4O. The molecule has 1 amide bonds. The molecule has 1 heterocycles. The van der Waals surface area contributed by atoms with Gasteiger partial charge in [-0.15, -0.1) is 0 Å². The van der Waals surface area contributed by atoms with Gasteiger partial charge in [-0.05, 0) is 25.2 Å². The number of likely N-dealkylation sites (tertiary alicyclic amines) is 1. The van der Waals surface area contributed by atoms with Crippen molar-refractivity contribution in [1.29, 1.82) is 0 Å². The fraction of sp³-hybridized carbons (Fsp3) is 0.867. The molecule has 0 aromatic rings. The van der Waals surface area contributed by atoms with Crippen LogP contribution in [-0.2, 0) is 4.79 Å². The summed E-state index contributed by atoms with van der Waals surface area (Å²) < 4.78 is 0. The van der Waals surface area contributed by atoms with Crippen LogP contribution in [0.5, 0.6) is 0 Å². The first-order valence-electron chi connectivity index (χ1n) is 7.81. The largest absolute Gasteiger partial charge is 0.356 e. The predicted molar refractivity (Wildman–Crippen MR) is 83.8 cm³/mol. The number of nitrogens with one attached hydrogen (secondary N) is 2. The van der Waals surface area contributed by atoms with Gasteiger partial charge in [-0.3, -0.25) is 9.79 Å². The van der Waals surface area contributed by atoms with E-state index in [0.717, 1.165) is 44.4 Å². The molecule has 1 aliphatic rings. The number of aliphatic imine (C=N–C) groups is 1. The van der Waals surface area contributed by atoms with Crippen molar-refractivity contribution in [2.45, 2.75) is 52.5 Å². The van der Waals surface area contributed by atoms with E-state index in [0.29, 0.717) is 12.5 Å². The molecule has 0 bridgehead atoms. The van der Waals surface area contributed by atoms with Gasteiger partial charge in [0.2, 0.25) is 5.91 Å². The Hall–Kier alpha value is -1.26. The highest BCUT2D eigenvalue weighted by molar-refractivity contribution is 5.80. The van der Waals surface area contributed by atoms with Crippen LogP contribution in [0.2, 0.25) is 0 Å². The van der Waals surface area contributed by atoms with E-state index in [1.165, 1.54) is 6.42 Å². The van der Waals surface area contributed by atoms with E-state index in [1.54, 1.807) is 7.05 Å². The Bertz CT molecular complexity index is 328. The SMILES string of the molecule is CCC(=O)N1CCC(NC(=NC)NCCCC(C)C)C1. The average Bonchev–Trinajstić information content (AvgIpc) is 2.89. The van der Waals surface area contributed by atoms with Crippen molar-refractivity contribution in [2.75, 3.05) is 26.7 Å². The van der Waals surface area contributed by atoms with Gasteiger partial charge in [0.25, 0.3) is 0 Å².